The topological polar surface area (TPSA) is 43.6 Å². The maximum Gasteiger partial charge on any atom is 0.165 e. The number of nitrogens with zero attached hydrogens (tertiary/aromatic N) is 4. The molecular weight excluding hydrogens is 733 g/mol. The summed E-state index contributed by atoms with van der Waals surface area (Å²) in [6, 6.07) is 64.9. The summed E-state index contributed by atoms with van der Waals surface area (Å²) in [7, 11) is 0. The molecule has 0 aliphatic carbocycles. The predicted octanol–water partition coefficient (Wildman–Crippen LogP) is 14.4. The molecule has 0 spiro atoms. The number of rotatable bonds is 5. The fourth-order valence-electron chi connectivity index (χ4n) is 8.47. The molecule has 266 valence electrons. The van der Waals surface area contributed by atoms with Crippen LogP contribution in [0.4, 0.5) is 0 Å². The van der Waals surface area contributed by atoms with Crippen molar-refractivity contribution in [2.45, 2.75) is 0 Å². The van der Waals surface area contributed by atoms with Crippen molar-refractivity contribution in [3.63, 3.8) is 0 Å². The monoisotopic (exact) mass is 762 g/mol. The third-order valence-electron chi connectivity index (χ3n) is 11.1. The van der Waals surface area contributed by atoms with Crippen LogP contribution in [0.2, 0.25) is 0 Å². The zero-order valence-corrected chi connectivity index (χ0v) is 32.1. The van der Waals surface area contributed by atoms with Crippen molar-refractivity contribution in [2.75, 3.05) is 0 Å². The molecule has 4 aromatic heterocycles. The minimum absolute atomic E-state index is 0.664. The number of hydrogen-bond donors (Lipinski definition) is 0. The molecule has 6 heteroatoms. The van der Waals surface area contributed by atoms with Crippen molar-refractivity contribution in [1.29, 1.82) is 0 Å². The maximum absolute atomic E-state index is 5.09. The molecule has 0 fully saturated rings. The van der Waals surface area contributed by atoms with E-state index >= 15 is 0 Å². The van der Waals surface area contributed by atoms with Crippen LogP contribution in [0.25, 0.3) is 113 Å². The van der Waals surface area contributed by atoms with Gasteiger partial charge in [-0.2, -0.15) is 0 Å². The quantitative estimate of drug-likeness (QED) is 0.175. The highest BCUT2D eigenvalue weighted by Gasteiger charge is 2.19. The summed E-state index contributed by atoms with van der Waals surface area (Å²) in [5.74, 6) is 2.00. The van der Waals surface area contributed by atoms with Crippen LogP contribution in [0.3, 0.4) is 0 Å². The Hall–Kier alpha value is -6.99. The molecule has 0 saturated carbocycles. The van der Waals surface area contributed by atoms with Gasteiger partial charge in [-0.1, -0.05) is 133 Å². The highest BCUT2D eigenvalue weighted by atomic mass is 32.1. The first kappa shape index (κ1) is 32.3. The van der Waals surface area contributed by atoms with Crippen molar-refractivity contribution in [3.8, 4) is 51.0 Å². The summed E-state index contributed by atoms with van der Waals surface area (Å²) in [4.78, 5) is 15.1. The zero-order chi connectivity index (χ0) is 37.5. The molecule has 0 saturated heterocycles. The van der Waals surface area contributed by atoms with E-state index in [1.54, 1.807) is 11.3 Å². The van der Waals surface area contributed by atoms with E-state index in [2.05, 4.69) is 150 Å². The van der Waals surface area contributed by atoms with Gasteiger partial charge in [0.05, 0.1) is 11.0 Å². The van der Waals surface area contributed by atoms with E-state index in [1.165, 1.54) is 79.0 Å². The lowest BCUT2D eigenvalue weighted by Crippen LogP contribution is -2.00. The van der Waals surface area contributed by atoms with E-state index < -0.39 is 0 Å². The third-order valence-corrected chi connectivity index (χ3v) is 13.4. The van der Waals surface area contributed by atoms with Gasteiger partial charge in [0.15, 0.2) is 17.5 Å². The van der Waals surface area contributed by atoms with E-state index in [0.717, 1.165) is 16.7 Å². The van der Waals surface area contributed by atoms with Crippen LogP contribution in [0.5, 0.6) is 0 Å². The maximum atomic E-state index is 5.09. The smallest absolute Gasteiger partial charge is 0.165 e. The van der Waals surface area contributed by atoms with Gasteiger partial charge in [0.1, 0.15) is 0 Å². The lowest BCUT2D eigenvalue weighted by molar-refractivity contribution is 1.08. The van der Waals surface area contributed by atoms with Crippen LogP contribution in [-0.2, 0) is 0 Å². The first-order valence-corrected chi connectivity index (χ1v) is 20.7. The second kappa shape index (κ2) is 12.8. The molecule has 12 rings (SSSR count). The normalized spacial score (nSPS) is 11.9. The molecule has 57 heavy (non-hydrogen) atoms. The summed E-state index contributed by atoms with van der Waals surface area (Å²) in [5.41, 5.74) is 9.00. The molecule has 0 amide bonds. The van der Waals surface area contributed by atoms with Gasteiger partial charge in [-0.3, -0.25) is 0 Å². The van der Waals surface area contributed by atoms with Gasteiger partial charge in [0.25, 0.3) is 0 Å². The van der Waals surface area contributed by atoms with Crippen molar-refractivity contribution in [1.82, 2.24) is 19.5 Å². The Morgan fingerprint density at radius 2 is 0.965 bits per heavy atom. The SMILES string of the molecule is c1ccc(-c2nc(-c3ccccc3)nc(-c3cccc4c3sc3cccc(-c5ccc6sc7cc(-n8c9ccccc9c9ccccc98)ccc7c6c5)c34)n2)cc1. The van der Waals surface area contributed by atoms with Crippen LogP contribution < -0.4 is 0 Å². The lowest BCUT2D eigenvalue weighted by atomic mass is 9.97. The highest BCUT2D eigenvalue weighted by Crippen LogP contribution is 2.45. The number of para-hydroxylation sites is 2. The number of hydrogen-bond acceptors (Lipinski definition) is 5. The molecule has 0 radical (unpaired) electrons. The van der Waals surface area contributed by atoms with Crippen molar-refractivity contribution in [2.24, 2.45) is 0 Å². The van der Waals surface area contributed by atoms with Crippen LogP contribution in [-0.4, -0.2) is 19.5 Å². The van der Waals surface area contributed by atoms with E-state index in [0.29, 0.717) is 17.5 Å². The van der Waals surface area contributed by atoms with Gasteiger partial charge < -0.3 is 4.57 Å². The third kappa shape index (κ3) is 5.15. The first-order valence-electron chi connectivity index (χ1n) is 19.0. The van der Waals surface area contributed by atoms with Crippen LogP contribution in [0.1, 0.15) is 0 Å². The van der Waals surface area contributed by atoms with Crippen molar-refractivity contribution in [3.05, 3.63) is 182 Å². The Morgan fingerprint density at radius 3 is 1.68 bits per heavy atom. The number of thiophene rings is 2. The number of aromatic nitrogens is 4. The molecule has 0 N–H and O–H groups in total. The average molecular weight is 763 g/mol. The molecule has 12 aromatic rings. The summed E-state index contributed by atoms with van der Waals surface area (Å²) >= 11 is 3.67. The summed E-state index contributed by atoms with van der Waals surface area (Å²) in [5, 5.41) is 7.58. The van der Waals surface area contributed by atoms with E-state index in [-0.39, 0.29) is 0 Å². The minimum atomic E-state index is 0.664. The van der Waals surface area contributed by atoms with E-state index in [1.807, 2.05) is 47.7 Å². The largest absolute Gasteiger partial charge is 0.309 e. The fourth-order valence-corrected chi connectivity index (χ4v) is 10.8. The van der Waals surface area contributed by atoms with Gasteiger partial charge in [-0.05, 0) is 59.7 Å². The van der Waals surface area contributed by atoms with Gasteiger partial charge in [0, 0.05) is 73.5 Å². The van der Waals surface area contributed by atoms with Gasteiger partial charge in [-0.15, -0.1) is 22.7 Å². The van der Waals surface area contributed by atoms with E-state index in [9.17, 15) is 0 Å². The molecule has 0 atom stereocenters. The fraction of sp³-hybridized carbons (Fsp3) is 0. The molecule has 4 heterocycles. The van der Waals surface area contributed by atoms with Gasteiger partial charge in [-0.25, -0.2) is 15.0 Å². The van der Waals surface area contributed by atoms with Crippen LogP contribution in [0.15, 0.2) is 182 Å². The molecular formula is C51H30N4S2. The number of fused-ring (bicyclic) bond motifs is 9. The zero-order valence-electron chi connectivity index (χ0n) is 30.4. The summed E-state index contributed by atoms with van der Waals surface area (Å²) in [6.45, 7) is 0. The Bertz CT molecular complexity index is 3410. The molecule has 0 bridgehead atoms. The summed E-state index contributed by atoms with van der Waals surface area (Å²) in [6.07, 6.45) is 0. The first-order chi connectivity index (χ1) is 28.2. The lowest BCUT2D eigenvalue weighted by Gasteiger charge is -2.09. The molecule has 8 aromatic carbocycles. The Labute approximate surface area is 335 Å². The minimum Gasteiger partial charge on any atom is -0.309 e. The van der Waals surface area contributed by atoms with Crippen molar-refractivity contribution < 1.29 is 0 Å². The molecule has 0 aliphatic heterocycles. The second-order valence-electron chi connectivity index (χ2n) is 14.4. The highest BCUT2D eigenvalue weighted by molar-refractivity contribution is 7.26. The Kier molecular flexibility index (Phi) is 7.24. The Balaban J connectivity index is 1.00. The van der Waals surface area contributed by atoms with Crippen LogP contribution >= 0.6 is 22.7 Å². The molecule has 0 unspecified atom stereocenters. The van der Waals surface area contributed by atoms with Crippen LogP contribution in [0, 0.1) is 0 Å². The van der Waals surface area contributed by atoms with Gasteiger partial charge >= 0.3 is 0 Å². The number of benzene rings is 8. The molecule has 4 nitrogen and oxygen atoms in total. The van der Waals surface area contributed by atoms with E-state index in [4.69, 9.17) is 15.0 Å². The average Bonchev–Trinajstić information content (AvgIpc) is 3.96. The molecule has 0 aliphatic rings. The predicted molar refractivity (Wildman–Crippen MR) is 242 cm³/mol. The second-order valence-corrected chi connectivity index (χ2v) is 16.5. The summed E-state index contributed by atoms with van der Waals surface area (Å²) < 4.78 is 7.38. The Morgan fingerprint density at radius 1 is 0.351 bits per heavy atom. The van der Waals surface area contributed by atoms with Gasteiger partial charge in [0.2, 0.25) is 0 Å². The standard InChI is InChI=1S/C51H30N4S2/c1-3-13-31(14-4-1)49-52-50(32-15-5-2-6-16-32)54-51(53-49)40-21-11-20-39-47-35(19-12-24-45(47)57-48(39)40)33-25-28-44-41(29-33)38-27-26-34(30-46(38)56-44)55-42-22-9-7-17-36(42)37-18-8-10-23-43(37)55/h1-30H. The van der Waals surface area contributed by atoms with Crippen molar-refractivity contribution >= 4 is 84.8 Å².